The molecule has 0 bridgehead atoms. The Morgan fingerprint density at radius 1 is 1.15 bits per heavy atom. The van der Waals surface area contributed by atoms with Crippen LogP contribution in [0.5, 0.6) is 5.75 Å². The first-order chi connectivity index (χ1) is 9.67. The van der Waals surface area contributed by atoms with Gasteiger partial charge in [0.05, 0.1) is 12.8 Å². The van der Waals surface area contributed by atoms with Gasteiger partial charge >= 0.3 is 0 Å². The molecule has 0 aliphatic carbocycles. The molecule has 106 valence electrons. The van der Waals surface area contributed by atoms with Gasteiger partial charge < -0.3 is 10.1 Å². The Morgan fingerprint density at radius 3 is 2.55 bits per heavy atom. The Balaban J connectivity index is 2.02. The van der Waals surface area contributed by atoms with Crippen LogP contribution in [0.15, 0.2) is 36.5 Å². The van der Waals surface area contributed by atoms with E-state index in [1.807, 2.05) is 36.5 Å². The molecule has 0 atom stereocenters. The highest BCUT2D eigenvalue weighted by Crippen LogP contribution is 2.13. The van der Waals surface area contributed by atoms with Crippen molar-refractivity contribution < 1.29 is 4.74 Å². The smallest absolute Gasteiger partial charge is 0.132 e. The normalized spacial score (nSPS) is 10.8. The third-order valence-corrected chi connectivity index (χ3v) is 2.98. The van der Waals surface area contributed by atoms with Crippen LogP contribution in [0.3, 0.4) is 0 Å². The van der Waals surface area contributed by atoms with E-state index in [1.165, 1.54) is 5.56 Å². The molecule has 0 unspecified atom stereocenters. The molecule has 0 aliphatic heterocycles. The summed E-state index contributed by atoms with van der Waals surface area (Å²) in [7, 11) is 1.67. The number of hydrogen-bond acceptors (Lipinski definition) is 4. The first-order valence-corrected chi connectivity index (χ1v) is 6.84. The molecule has 1 N–H and O–H groups in total. The van der Waals surface area contributed by atoms with Gasteiger partial charge in [-0.15, -0.1) is 0 Å². The van der Waals surface area contributed by atoms with Crippen molar-refractivity contribution in [3.05, 3.63) is 53.6 Å². The maximum atomic E-state index is 5.15. The minimum absolute atomic E-state index is 0.454. The van der Waals surface area contributed by atoms with Crippen molar-refractivity contribution in [2.45, 2.75) is 32.9 Å². The van der Waals surface area contributed by atoms with Gasteiger partial charge in [-0.25, -0.2) is 9.97 Å². The van der Waals surface area contributed by atoms with Gasteiger partial charge in [-0.1, -0.05) is 26.0 Å². The fourth-order valence-corrected chi connectivity index (χ4v) is 1.86. The molecule has 2 rings (SSSR count). The van der Waals surface area contributed by atoms with Crippen LogP contribution in [0.1, 0.15) is 30.9 Å². The quantitative estimate of drug-likeness (QED) is 0.877. The number of aromatic nitrogens is 2. The van der Waals surface area contributed by atoms with E-state index in [0.29, 0.717) is 6.04 Å². The zero-order chi connectivity index (χ0) is 14.4. The summed E-state index contributed by atoms with van der Waals surface area (Å²) in [5.74, 6) is 1.71. The molecule has 0 saturated carbocycles. The number of nitrogens with one attached hydrogen (secondary N) is 1. The number of nitrogens with zero attached hydrogens (tertiary/aromatic N) is 2. The van der Waals surface area contributed by atoms with E-state index in [9.17, 15) is 0 Å². The van der Waals surface area contributed by atoms with Gasteiger partial charge in [-0.05, 0) is 23.8 Å². The van der Waals surface area contributed by atoms with Crippen LogP contribution in [-0.2, 0) is 13.0 Å². The zero-order valence-electron chi connectivity index (χ0n) is 12.3. The van der Waals surface area contributed by atoms with Gasteiger partial charge in [0.1, 0.15) is 11.6 Å². The SMILES string of the molecule is COc1ccc(Cc2nccc(CNC(C)C)n2)cc1. The second kappa shape index (κ2) is 7.01. The molecule has 2 aromatic rings. The molecule has 1 aromatic heterocycles. The molecule has 0 radical (unpaired) electrons. The summed E-state index contributed by atoms with van der Waals surface area (Å²) in [6, 6.07) is 10.4. The fourth-order valence-electron chi connectivity index (χ4n) is 1.86. The standard InChI is InChI=1S/C16H21N3O/c1-12(2)18-11-14-8-9-17-16(19-14)10-13-4-6-15(20-3)7-5-13/h4-9,12,18H,10-11H2,1-3H3. The van der Waals surface area contributed by atoms with Crippen molar-refractivity contribution in [2.75, 3.05) is 7.11 Å². The minimum Gasteiger partial charge on any atom is -0.497 e. The average molecular weight is 271 g/mol. The van der Waals surface area contributed by atoms with Gasteiger partial charge in [0.15, 0.2) is 0 Å². The first kappa shape index (κ1) is 14.5. The molecule has 4 nitrogen and oxygen atoms in total. The Bertz CT molecular complexity index is 538. The van der Waals surface area contributed by atoms with Crippen molar-refractivity contribution in [3.8, 4) is 5.75 Å². The Labute approximate surface area is 120 Å². The van der Waals surface area contributed by atoms with E-state index in [1.54, 1.807) is 7.11 Å². The van der Waals surface area contributed by atoms with E-state index in [4.69, 9.17) is 4.74 Å². The number of hydrogen-bond donors (Lipinski definition) is 1. The average Bonchev–Trinajstić information content (AvgIpc) is 2.46. The van der Waals surface area contributed by atoms with E-state index in [0.717, 1.165) is 30.2 Å². The molecule has 0 saturated heterocycles. The molecule has 1 heterocycles. The molecule has 4 heteroatoms. The first-order valence-electron chi connectivity index (χ1n) is 6.84. The van der Waals surface area contributed by atoms with Gasteiger partial charge in [0.2, 0.25) is 0 Å². The van der Waals surface area contributed by atoms with Crippen LogP contribution >= 0.6 is 0 Å². The minimum atomic E-state index is 0.454. The van der Waals surface area contributed by atoms with Gasteiger partial charge in [-0.2, -0.15) is 0 Å². The fraction of sp³-hybridized carbons (Fsp3) is 0.375. The Kier molecular flexibility index (Phi) is 5.07. The van der Waals surface area contributed by atoms with Gasteiger partial charge in [0, 0.05) is 25.2 Å². The predicted octanol–water partition coefficient (Wildman–Crippen LogP) is 2.57. The van der Waals surface area contributed by atoms with Crippen LogP contribution in [0.2, 0.25) is 0 Å². The Hall–Kier alpha value is -1.94. The lowest BCUT2D eigenvalue weighted by Crippen LogP contribution is -2.22. The molecule has 1 aromatic carbocycles. The van der Waals surface area contributed by atoms with Crippen molar-refractivity contribution in [2.24, 2.45) is 0 Å². The molecule has 0 fully saturated rings. The summed E-state index contributed by atoms with van der Waals surface area (Å²) in [6.07, 6.45) is 2.56. The molecule has 0 spiro atoms. The predicted molar refractivity (Wildman–Crippen MR) is 79.8 cm³/mol. The summed E-state index contributed by atoms with van der Waals surface area (Å²) in [5.41, 5.74) is 2.21. The van der Waals surface area contributed by atoms with Crippen molar-refractivity contribution in [1.29, 1.82) is 0 Å². The maximum Gasteiger partial charge on any atom is 0.132 e. The van der Waals surface area contributed by atoms with Gasteiger partial charge in [0.25, 0.3) is 0 Å². The van der Waals surface area contributed by atoms with E-state index < -0.39 is 0 Å². The lowest BCUT2D eigenvalue weighted by Gasteiger charge is -2.08. The van der Waals surface area contributed by atoms with Crippen LogP contribution in [-0.4, -0.2) is 23.1 Å². The lowest BCUT2D eigenvalue weighted by atomic mass is 10.1. The van der Waals surface area contributed by atoms with Crippen LogP contribution in [0, 0.1) is 0 Å². The topological polar surface area (TPSA) is 47.0 Å². The maximum absolute atomic E-state index is 5.15. The van der Waals surface area contributed by atoms with Crippen LogP contribution in [0.4, 0.5) is 0 Å². The second-order valence-electron chi connectivity index (χ2n) is 5.02. The monoisotopic (exact) mass is 271 g/mol. The number of benzene rings is 1. The summed E-state index contributed by atoms with van der Waals surface area (Å²) >= 11 is 0. The second-order valence-corrected chi connectivity index (χ2v) is 5.02. The van der Waals surface area contributed by atoms with Crippen molar-refractivity contribution in [3.63, 3.8) is 0 Å². The molecular weight excluding hydrogens is 250 g/mol. The molecule has 0 aliphatic rings. The molecule has 0 amide bonds. The van der Waals surface area contributed by atoms with E-state index >= 15 is 0 Å². The lowest BCUT2D eigenvalue weighted by molar-refractivity contribution is 0.414. The Morgan fingerprint density at radius 2 is 1.90 bits per heavy atom. The molecule has 20 heavy (non-hydrogen) atoms. The highest BCUT2D eigenvalue weighted by molar-refractivity contribution is 5.28. The van der Waals surface area contributed by atoms with E-state index in [2.05, 4.69) is 29.1 Å². The molecular formula is C16H21N3O. The van der Waals surface area contributed by atoms with Gasteiger partial charge in [-0.3, -0.25) is 0 Å². The summed E-state index contributed by atoms with van der Waals surface area (Å²) in [6.45, 7) is 5.02. The summed E-state index contributed by atoms with van der Waals surface area (Å²) < 4.78 is 5.15. The third-order valence-electron chi connectivity index (χ3n) is 2.98. The summed E-state index contributed by atoms with van der Waals surface area (Å²) in [4.78, 5) is 8.91. The summed E-state index contributed by atoms with van der Waals surface area (Å²) in [5, 5.41) is 3.36. The number of rotatable bonds is 6. The highest BCUT2D eigenvalue weighted by Gasteiger charge is 2.02. The van der Waals surface area contributed by atoms with Crippen molar-refractivity contribution in [1.82, 2.24) is 15.3 Å². The highest BCUT2D eigenvalue weighted by atomic mass is 16.5. The van der Waals surface area contributed by atoms with E-state index in [-0.39, 0.29) is 0 Å². The third kappa shape index (κ3) is 4.31. The van der Waals surface area contributed by atoms with Crippen LogP contribution in [0.25, 0.3) is 0 Å². The van der Waals surface area contributed by atoms with Crippen LogP contribution < -0.4 is 10.1 Å². The number of methoxy groups -OCH3 is 1. The largest absolute Gasteiger partial charge is 0.497 e. The number of ether oxygens (including phenoxy) is 1. The van der Waals surface area contributed by atoms with Crippen molar-refractivity contribution >= 4 is 0 Å². The zero-order valence-corrected chi connectivity index (χ0v) is 12.3.